The van der Waals surface area contributed by atoms with Crippen molar-refractivity contribution in [1.82, 2.24) is 4.90 Å². The van der Waals surface area contributed by atoms with Gasteiger partial charge in [-0.1, -0.05) is 52.2 Å². The Morgan fingerprint density at radius 2 is 1.82 bits per heavy atom. The maximum atomic E-state index is 10.8. The Balaban J connectivity index is 0.000000541. The third-order valence-electron chi connectivity index (χ3n) is 4.29. The van der Waals surface area contributed by atoms with Crippen molar-refractivity contribution in [1.29, 1.82) is 0 Å². The van der Waals surface area contributed by atoms with Crippen LogP contribution in [0.15, 0.2) is 24.3 Å². The molecule has 1 unspecified atom stereocenters. The van der Waals surface area contributed by atoms with Gasteiger partial charge in [0.15, 0.2) is 0 Å². The molecular weight excluding hydrogens is 274 g/mol. The van der Waals surface area contributed by atoms with E-state index >= 15 is 0 Å². The molecule has 2 rings (SSSR count). The third kappa shape index (κ3) is 6.61. The summed E-state index contributed by atoms with van der Waals surface area (Å²) in [6.07, 6.45) is 6.53. The maximum absolute atomic E-state index is 10.8. The summed E-state index contributed by atoms with van der Waals surface area (Å²) in [6.45, 7) is 9.90. The Hall–Kier alpha value is -1.35. The number of aromatic carboxylic acids is 1. The number of carboxylic acids is 1. The summed E-state index contributed by atoms with van der Waals surface area (Å²) < 4.78 is 0. The summed E-state index contributed by atoms with van der Waals surface area (Å²) in [7, 11) is 0. The number of rotatable bonds is 5. The van der Waals surface area contributed by atoms with Gasteiger partial charge in [0.1, 0.15) is 0 Å². The minimum Gasteiger partial charge on any atom is -0.478 e. The Kier molecular flexibility index (Phi) is 8.83. The van der Waals surface area contributed by atoms with Gasteiger partial charge in [-0.15, -0.1) is 0 Å². The van der Waals surface area contributed by atoms with Crippen molar-refractivity contribution in [2.45, 2.75) is 59.4 Å². The van der Waals surface area contributed by atoms with Gasteiger partial charge >= 0.3 is 5.97 Å². The number of nitrogens with zero attached hydrogens (tertiary/aromatic N) is 1. The van der Waals surface area contributed by atoms with E-state index in [4.69, 9.17) is 5.11 Å². The van der Waals surface area contributed by atoms with Gasteiger partial charge in [0, 0.05) is 13.1 Å². The number of carboxylic acid groups (broad SMARTS) is 1. The predicted octanol–water partition coefficient (Wildman–Crippen LogP) is 4.81. The molecule has 1 fully saturated rings. The van der Waals surface area contributed by atoms with Crippen LogP contribution in [0.2, 0.25) is 0 Å². The lowest BCUT2D eigenvalue weighted by Gasteiger charge is -2.32. The molecule has 1 N–H and O–H groups in total. The quantitative estimate of drug-likeness (QED) is 0.848. The van der Waals surface area contributed by atoms with E-state index < -0.39 is 5.97 Å². The van der Waals surface area contributed by atoms with Gasteiger partial charge in [-0.3, -0.25) is 4.90 Å². The summed E-state index contributed by atoms with van der Waals surface area (Å²) >= 11 is 0. The lowest BCUT2D eigenvalue weighted by Crippen LogP contribution is -2.34. The predicted molar refractivity (Wildman–Crippen MR) is 92.3 cm³/mol. The first-order chi connectivity index (χ1) is 10.6. The van der Waals surface area contributed by atoms with Crippen molar-refractivity contribution in [2.24, 2.45) is 5.92 Å². The topological polar surface area (TPSA) is 40.5 Å². The fourth-order valence-corrected chi connectivity index (χ4v) is 2.64. The highest BCUT2D eigenvalue weighted by Gasteiger charge is 2.18. The number of likely N-dealkylation sites (tertiary alicyclic amines) is 1. The van der Waals surface area contributed by atoms with Crippen molar-refractivity contribution in [3.8, 4) is 0 Å². The fraction of sp³-hybridized carbons (Fsp3) is 0.632. The zero-order valence-electron chi connectivity index (χ0n) is 14.3. The van der Waals surface area contributed by atoms with Crippen molar-refractivity contribution < 1.29 is 9.90 Å². The second-order valence-corrected chi connectivity index (χ2v) is 6.15. The summed E-state index contributed by atoms with van der Waals surface area (Å²) in [4.78, 5) is 13.3. The monoisotopic (exact) mass is 305 g/mol. The molecule has 0 amide bonds. The lowest BCUT2D eigenvalue weighted by atomic mass is 9.95. The van der Waals surface area contributed by atoms with E-state index in [9.17, 15) is 4.79 Å². The largest absolute Gasteiger partial charge is 0.478 e. The number of carbonyl (C=O) groups is 1. The van der Waals surface area contributed by atoms with Crippen molar-refractivity contribution in [3.63, 3.8) is 0 Å². The van der Waals surface area contributed by atoms with Crippen LogP contribution in [0.3, 0.4) is 0 Å². The molecular formula is C19H31NO2. The first kappa shape index (κ1) is 18.7. The Morgan fingerprint density at radius 1 is 1.18 bits per heavy atom. The summed E-state index contributed by atoms with van der Waals surface area (Å²) in [5, 5.41) is 8.85. The molecule has 0 spiro atoms. The Labute approximate surface area is 135 Å². The van der Waals surface area contributed by atoms with E-state index in [0.29, 0.717) is 5.56 Å². The van der Waals surface area contributed by atoms with Gasteiger partial charge in [0.2, 0.25) is 0 Å². The average Bonchev–Trinajstić information content (AvgIpc) is 2.55. The molecule has 0 radical (unpaired) electrons. The van der Waals surface area contributed by atoms with Gasteiger partial charge in [-0.25, -0.2) is 4.79 Å². The average molecular weight is 305 g/mol. The maximum Gasteiger partial charge on any atom is 0.335 e. The van der Waals surface area contributed by atoms with E-state index in [1.54, 1.807) is 12.1 Å². The van der Waals surface area contributed by atoms with Crippen molar-refractivity contribution in [2.75, 3.05) is 13.1 Å². The van der Waals surface area contributed by atoms with Gasteiger partial charge in [0.05, 0.1) is 5.56 Å². The number of benzene rings is 1. The Bertz CT molecular complexity index is 426. The highest BCUT2D eigenvalue weighted by Crippen LogP contribution is 2.20. The first-order valence-corrected chi connectivity index (χ1v) is 8.65. The number of hydrogen-bond acceptors (Lipinski definition) is 2. The summed E-state index contributed by atoms with van der Waals surface area (Å²) in [5.74, 6) is -0.0254. The van der Waals surface area contributed by atoms with Crippen LogP contribution < -0.4 is 0 Å². The van der Waals surface area contributed by atoms with Crippen molar-refractivity contribution in [3.05, 3.63) is 35.4 Å². The van der Waals surface area contributed by atoms with E-state index in [-0.39, 0.29) is 0 Å². The standard InChI is InChI=1S/C15H21NO2.C4H10/c1-2-12-4-3-9-16(10-12)11-13-5-7-14(8-6-13)15(17)18;1-3-4-2/h5-8,12H,2-4,9-11H2,1H3,(H,17,18);3-4H2,1-2H3. The molecule has 0 saturated carbocycles. The zero-order chi connectivity index (χ0) is 16.4. The second kappa shape index (κ2) is 10.4. The summed E-state index contributed by atoms with van der Waals surface area (Å²) in [6, 6.07) is 7.25. The van der Waals surface area contributed by atoms with Crippen LogP contribution in [-0.2, 0) is 6.54 Å². The molecule has 1 aromatic rings. The van der Waals surface area contributed by atoms with Crippen molar-refractivity contribution >= 4 is 5.97 Å². The first-order valence-electron chi connectivity index (χ1n) is 8.65. The van der Waals surface area contributed by atoms with E-state index in [1.807, 2.05) is 12.1 Å². The SMILES string of the molecule is CCC1CCCN(Cc2ccc(C(=O)O)cc2)C1.CCCC. The van der Waals surface area contributed by atoms with Crippen LogP contribution in [0, 0.1) is 5.92 Å². The Morgan fingerprint density at radius 3 is 2.32 bits per heavy atom. The highest BCUT2D eigenvalue weighted by molar-refractivity contribution is 5.87. The van der Waals surface area contributed by atoms with Crippen LogP contribution in [0.4, 0.5) is 0 Å². The van der Waals surface area contributed by atoms with Crippen LogP contribution >= 0.6 is 0 Å². The normalized spacial score (nSPS) is 18.4. The smallest absolute Gasteiger partial charge is 0.335 e. The van der Waals surface area contributed by atoms with Crippen LogP contribution in [0.25, 0.3) is 0 Å². The van der Waals surface area contributed by atoms with Gasteiger partial charge in [-0.05, 0) is 43.0 Å². The molecule has 0 aliphatic carbocycles. The van der Waals surface area contributed by atoms with E-state index in [2.05, 4.69) is 25.7 Å². The molecule has 0 aromatic heterocycles. The van der Waals surface area contributed by atoms with Crippen LogP contribution in [-0.4, -0.2) is 29.1 Å². The molecule has 3 nitrogen and oxygen atoms in total. The molecule has 1 aromatic carbocycles. The van der Waals surface area contributed by atoms with E-state index in [1.165, 1.54) is 44.2 Å². The minimum atomic E-state index is -0.856. The molecule has 3 heteroatoms. The number of unbranched alkanes of at least 4 members (excludes halogenated alkanes) is 1. The van der Waals surface area contributed by atoms with Gasteiger partial charge in [0.25, 0.3) is 0 Å². The fourth-order valence-electron chi connectivity index (χ4n) is 2.64. The minimum absolute atomic E-state index is 0.365. The third-order valence-corrected chi connectivity index (χ3v) is 4.29. The molecule has 0 bridgehead atoms. The highest BCUT2D eigenvalue weighted by atomic mass is 16.4. The zero-order valence-corrected chi connectivity index (χ0v) is 14.3. The molecule has 1 saturated heterocycles. The molecule has 22 heavy (non-hydrogen) atoms. The lowest BCUT2D eigenvalue weighted by molar-refractivity contribution is 0.0697. The summed E-state index contributed by atoms with van der Waals surface area (Å²) in [5.41, 5.74) is 1.57. The molecule has 1 aliphatic rings. The number of piperidine rings is 1. The molecule has 1 heterocycles. The van der Waals surface area contributed by atoms with Crippen LogP contribution in [0.1, 0.15) is 68.8 Å². The van der Waals surface area contributed by atoms with Gasteiger partial charge < -0.3 is 5.11 Å². The van der Waals surface area contributed by atoms with Crippen LogP contribution in [0.5, 0.6) is 0 Å². The number of hydrogen-bond donors (Lipinski definition) is 1. The van der Waals surface area contributed by atoms with E-state index in [0.717, 1.165) is 19.0 Å². The molecule has 124 valence electrons. The molecule has 1 atom stereocenters. The van der Waals surface area contributed by atoms with Gasteiger partial charge in [-0.2, -0.15) is 0 Å². The second-order valence-electron chi connectivity index (χ2n) is 6.15. The molecule has 1 aliphatic heterocycles.